The van der Waals surface area contributed by atoms with E-state index >= 15 is 0 Å². The first kappa shape index (κ1) is 19.0. The van der Waals surface area contributed by atoms with E-state index in [0.717, 1.165) is 17.7 Å². The SMILES string of the molecule is CCOC(=O)C(C(=O)OCC)C(C)/C(C)=C/CCSC. The van der Waals surface area contributed by atoms with Gasteiger partial charge in [-0.05, 0) is 39.2 Å². The Balaban J connectivity index is 4.95. The van der Waals surface area contributed by atoms with Crippen molar-refractivity contribution in [3.8, 4) is 0 Å². The molecule has 1 atom stereocenters. The van der Waals surface area contributed by atoms with Gasteiger partial charge in [-0.15, -0.1) is 0 Å². The second kappa shape index (κ2) is 10.8. The number of rotatable bonds is 9. The Morgan fingerprint density at radius 2 is 1.65 bits per heavy atom. The normalized spacial score (nSPS) is 13.2. The number of carbonyl (C=O) groups is 2. The Kier molecular flexibility index (Phi) is 10.3. The van der Waals surface area contributed by atoms with Gasteiger partial charge in [0, 0.05) is 5.92 Å². The minimum Gasteiger partial charge on any atom is -0.465 e. The third kappa shape index (κ3) is 6.46. The fourth-order valence-corrected chi connectivity index (χ4v) is 2.18. The number of allylic oxidation sites excluding steroid dienone is 2. The summed E-state index contributed by atoms with van der Waals surface area (Å²) in [7, 11) is 0. The van der Waals surface area contributed by atoms with Gasteiger partial charge >= 0.3 is 11.9 Å². The topological polar surface area (TPSA) is 52.6 Å². The molecule has 0 saturated carbocycles. The van der Waals surface area contributed by atoms with Gasteiger partial charge in [-0.25, -0.2) is 0 Å². The molecule has 0 aromatic carbocycles. The third-order valence-corrected chi connectivity index (χ3v) is 3.73. The van der Waals surface area contributed by atoms with Crippen LogP contribution >= 0.6 is 11.8 Å². The quantitative estimate of drug-likeness (QED) is 0.283. The summed E-state index contributed by atoms with van der Waals surface area (Å²) in [5.41, 5.74) is 1.02. The molecule has 0 aliphatic rings. The minimum absolute atomic E-state index is 0.213. The molecule has 4 nitrogen and oxygen atoms in total. The molecule has 0 aromatic rings. The van der Waals surface area contributed by atoms with Crippen LogP contribution in [-0.2, 0) is 19.1 Å². The first-order valence-corrected chi connectivity index (χ1v) is 8.37. The number of esters is 2. The van der Waals surface area contributed by atoms with E-state index in [9.17, 15) is 9.59 Å². The highest BCUT2D eigenvalue weighted by atomic mass is 32.2. The number of ether oxygens (including phenoxy) is 2. The zero-order chi connectivity index (χ0) is 15.5. The molecule has 116 valence electrons. The van der Waals surface area contributed by atoms with Crippen LogP contribution in [0.25, 0.3) is 0 Å². The van der Waals surface area contributed by atoms with E-state index < -0.39 is 17.9 Å². The summed E-state index contributed by atoms with van der Waals surface area (Å²) in [5, 5.41) is 0. The van der Waals surface area contributed by atoms with E-state index in [1.54, 1.807) is 25.6 Å². The summed E-state index contributed by atoms with van der Waals surface area (Å²) in [4.78, 5) is 24.0. The van der Waals surface area contributed by atoms with Gasteiger partial charge in [0.25, 0.3) is 0 Å². The van der Waals surface area contributed by atoms with E-state index in [1.807, 2.05) is 20.1 Å². The summed E-state index contributed by atoms with van der Waals surface area (Å²) in [6.07, 6.45) is 5.05. The van der Waals surface area contributed by atoms with Gasteiger partial charge in [-0.1, -0.05) is 18.6 Å². The van der Waals surface area contributed by atoms with Crippen LogP contribution in [0.1, 0.15) is 34.1 Å². The smallest absolute Gasteiger partial charge is 0.320 e. The number of hydrogen-bond donors (Lipinski definition) is 0. The second-order valence-corrected chi connectivity index (χ2v) is 5.49. The van der Waals surface area contributed by atoms with Gasteiger partial charge < -0.3 is 9.47 Å². The highest BCUT2D eigenvalue weighted by molar-refractivity contribution is 7.98. The zero-order valence-electron chi connectivity index (χ0n) is 13.1. The number of thioether (sulfide) groups is 1. The van der Waals surface area contributed by atoms with Crippen LogP contribution in [0.3, 0.4) is 0 Å². The van der Waals surface area contributed by atoms with Crippen molar-refractivity contribution in [1.82, 2.24) is 0 Å². The Morgan fingerprint density at radius 1 is 1.15 bits per heavy atom. The van der Waals surface area contributed by atoms with Gasteiger partial charge in [-0.3, -0.25) is 9.59 Å². The molecule has 0 N–H and O–H groups in total. The predicted octanol–water partition coefficient (Wildman–Crippen LogP) is 3.06. The maximum absolute atomic E-state index is 12.0. The monoisotopic (exact) mass is 302 g/mol. The fourth-order valence-electron chi connectivity index (χ4n) is 1.82. The highest BCUT2D eigenvalue weighted by Crippen LogP contribution is 2.24. The fraction of sp³-hybridized carbons (Fsp3) is 0.733. The first-order valence-electron chi connectivity index (χ1n) is 6.98. The Morgan fingerprint density at radius 3 is 2.05 bits per heavy atom. The van der Waals surface area contributed by atoms with Crippen molar-refractivity contribution >= 4 is 23.7 Å². The van der Waals surface area contributed by atoms with Crippen LogP contribution in [0.2, 0.25) is 0 Å². The van der Waals surface area contributed by atoms with Crippen molar-refractivity contribution < 1.29 is 19.1 Å². The molecule has 0 aromatic heterocycles. The molecule has 1 unspecified atom stereocenters. The standard InChI is InChI=1S/C15H26O4S/c1-6-18-14(16)13(15(17)19-7-2)12(4)11(3)9-8-10-20-5/h9,12-13H,6-8,10H2,1-5H3/b11-9+. The van der Waals surface area contributed by atoms with Gasteiger partial charge in [0.2, 0.25) is 0 Å². The molecule has 0 aliphatic carbocycles. The van der Waals surface area contributed by atoms with Crippen molar-refractivity contribution in [2.24, 2.45) is 11.8 Å². The van der Waals surface area contributed by atoms with Crippen molar-refractivity contribution in [2.75, 3.05) is 25.2 Å². The number of carbonyl (C=O) groups excluding carboxylic acids is 2. The van der Waals surface area contributed by atoms with E-state index in [-0.39, 0.29) is 19.1 Å². The molecule has 0 fully saturated rings. The lowest BCUT2D eigenvalue weighted by atomic mass is 9.87. The summed E-state index contributed by atoms with van der Waals surface area (Å²) in [5.74, 6) is -1.07. The molecular weight excluding hydrogens is 276 g/mol. The average molecular weight is 302 g/mol. The minimum atomic E-state index is -0.875. The van der Waals surface area contributed by atoms with E-state index in [0.29, 0.717) is 0 Å². The molecule has 0 rings (SSSR count). The van der Waals surface area contributed by atoms with E-state index in [4.69, 9.17) is 9.47 Å². The van der Waals surface area contributed by atoms with Crippen LogP contribution in [0, 0.1) is 11.8 Å². The summed E-state index contributed by atoms with van der Waals surface area (Å²) < 4.78 is 9.99. The Bertz CT molecular complexity index is 321. The summed E-state index contributed by atoms with van der Waals surface area (Å²) >= 11 is 1.76. The van der Waals surface area contributed by atoms with E-state index in [2.05, 4.69) is 6.08 Å². The zero-order valence-corrected chi connectivity index (χ0v) is 13.9. The molecule has 5 heteroatoms. The van der Waals surface area contributed by atoms with Crippen LogP contribution in [0.5, 0.6) is 0 Å². The Hall–Kier alpha value is -0.970. The lowest BCUT2D eigenvalue weighted by Crippen LogP contribution is -2.34. The van der Waals surface area contributed by atoms with Gasteiger partial charge in [-0.2, -0.15) is 11.8 Å². The molecule has 0 heterocycles. The average Bonchev–Trinajstić information content (AvgIpc) is 2.39. The first-order chi connectivity index (χ1) is 9.49. The van der Waals surface area contributed by atoms with Gasteiger partial charge in [0.05, 0.1) is 13.2 Å². The largest absolute Gasteiger partial charge is 0.465 e. The van der Waals surface area contributed by atoms with Crippen molar-refractivity contribution in [1.29, 1.82) is 0 Å². The summed E-state index contributed by atoms with van der Waals surface area (Å²) in [6, 6.07) is 0. The molecule has 0 amide bonds. The lowest BCUT2D eigenvalue weighted by Gasteiger charge is -2.21. The van der Waals surface area contributed by atoms with Crippen molar-refractivity contribution in [3.63, 3.8) is 0 Å². The predicted molar refractivity (Wildman–Crippen MR) is 82.7 cm³/mol. The summed E-state index contributed by atoms with van der Waals surface area (Å²) in [6.45, 7) is 7.78. The van der Waals surface area contributed by atoms with Gasteiger partial charge in [0.1, 0.15) is 0 Å². The molecule has 0 saturated heterocycles. The Labute approximate surface area is 126 Å². The van der Waals surface area contributed by atoms with E-state index in [1.165, 1.54) is 0 Å². The highest BCUT2D eigenvalue weighted by Gasteiger charge is 2.35. The maximum atomic E-state index is 12.0. The third-order valence-electron chi connectivity index (χ3n) is 3.09. The lowest BCUT2D eigenvalue weighted by molar-refractivity contribution is -0.163. The van der Waals surface area contributed by atoms with Crippen LogP contribution in [0.15, 0.2) is 11.6 Å². The van der Waals surface area contributed by atoms with Crippen molar-refractivity contribution in [2.45, 2.75) is 34.1 Å². The van der Waals surface area contributed by atoms with Crippen LogP contribution in [-0.4, -0.2) is 37.2 Å². The molecular formula is C15H26O4S. The van der Waals surface area contributed by atoms with Gasteiger partial charge in [0.15, 0.2) is 5.92 Å². The molecule has 0 radical (unpaired) electrons. The molecule has 0 spiro atoms. The maximum Gasteiger partial charge on any atom is 0.320 e. The molecule has 20 heavy (non-hydrogen) atoms. The second-order valence-electron chi connectivity index (χ2n) is 4.50. The van der Waals surface area contributed by atoms with Crippen LogP contribution < -0.4 is 0 Å². The molecule has 0 bridgehead atoms. The van der Waals surface area contributed by atoms with Crippen molar-refractivity contribution in [3.05, 3.63) is 11.6 Å². The molecule has 0 aliphatic heterocycles. The number of hydrogen-bond acceptors (Lipinski definition) is 5. The van der Waals surface area contributed by atoms with Crippen LogP contribution in [0.4, 0.5) is 0 Å².